The molecule has 2 rings (SSSR count). The minimum atomic E-state index is -0.944. The van der Waals surface area contributed by atoms with Gasteiger partial charge in [-0.15, -0.1) is 0 Å². The van der Waals surface area contributed by atoms with Crippen molar-refractivity contribution in [3.8, 4) is 0 Å². The summed E-state index contributed by atoms with van der Waals surface area (Å²) >= 11 is 8.69. The van der Waals surface area contributed by atoms with E-state index in [1.165, 1.54) is 19.2 Å². The molecule has 106 valence electrons. The van der Waals surface area contributed by atoms with Crippen molar-refractivity contribution in [3.63, 3.8) is 0 Å². The molecular weight excluding hydrogens is 355 g/mol. The van der Waals surface area contributed by atoms with Crippen molar-refractivity contribution in [2.75, 3.05) is 7.05 Å². The molecular formula is C14H10BrClF3N. The highest BCUT2D eigenvalue weighted by molar-refractivity contribution is 9.10. The molecule has 6 heteroatoms. The molecule has 0 fully saturated rings. The second kappa shape index (κ2) is 6.16. The Labute approximate surface area is 127 Å². The third kappa shape index (κ3) is 3.00. The van der Waals surface area contributed by atoms with Crippen molar-refractivity contribution in [1.82, 2.24) is 5.32 Å². The highest BCUT2D eigenvalue weighted by Gasteiger charge is 2.23. The minimum Gasteiger partial charge on any atom is -0.309 e. The monoisotopic (exact) mass is 363 g/mol. The maximum absolute atomic E-state index is 14.0. The minimum absolute atomic E-state index is 0.122. The molecule has 0 aromatic heterocycles. The van der Waals surface area contributed by atoms with Crippen LogP contribution in [0.15, 0.2) is 34.8 Å². The standard InChI is InChI=1S/C14H10BrClF3N/c1-20-14(9-3-2-8(16)6-10(9)17)13-11(18)4-7(15)5-12(13)19/h2-6,14,20H,1H3. The van der Waals surface area contributed by atoms with E-state index in [0.29, 0.717) is 0 Å². The molecule has 0 radical (unpaired) electrons. The Bertz CT molecular complexity index is 625. The van der Waals surface area contributed by atoms with E-state index in [2.05, 4.69) is 21.2 Å². The van der Waals surface area contributed by atoms with Gasteiger partial charge in [0.2, 0.25) is 0 Å². The lowest BCUT2D eigenvalue weighted by atomic mass is 9.97. The van der Waals surface area contributed by atoms with Crippen LogP contribution < -0.4 is 5.32 Å². The molecule has 1 atom stereocenters. The summed E-state index contributed by atoms with van der Waals surface area (Å²) in [7, 11) is 1.50. The summed E-state index contributed by atoms with van der Waals surface area (Å²) in [5.74, 6) is -2.14. The highest BCUT2D eigenvalue weighted by atomic mass is 79.9. The van der Waals surface area contributed by atoms with Crippen molar-refractivity contribution >= 4 is 27.5 Å². The van der Waals surface area contributed by atoms with E-state index in [9.17, 15) is 13.2 Å². The van der Waals surface area contributed by atoms with Crippen molar-refractivity contribution < 1.29 is 13.2 Å². The number of nitrogens with one attached hydrogen (secondary N) is 1. The molecule has 0 saturated carbocycles. The van der Waals surface area contributed by atoms with E-state index >= 15 is 0 Å². The predicted octanol–water partition coefficient (Wildman–Crippen LogP) is 4.83. The first kappa shape index (κ1) is 15.4. The first-order chi connectivity index (χ1) is 9.43. The van der Waals surface area contributed by atoms with Gasteiger partial charge in [-0.05, 0) is 31.3 Å². The zero-order chi connectivity index (χ0) is 14.9. The van der Waals surface area contributed by atoms with Gasteiger partial charge in [0.15, 0.2) is 0 Å². The van der Waals surface area contributed by atoms with Crippen LogP contribution in [0.4, 0.5) is 13.2 Å². The summed E-state index contributed by atoms with van der Waals surface area (Å²) in [6.45, 7) is 0. The predicted molar refractivity (Wildman–Crippen MR) is 76.4 cm³/mol. The molecule has 0 aliphatic heterocycles. The van der Waals surface area contributed by atoms with Crippen molar-refractivity contribution in [2.45, 2.75) is 6.04 Å². The average molecular weight is 365 g/mol. The lowest BCUT2D eigenvalue weighted by Gasteiger charge is -2.19. The number of hydrogen-bond donors (Lipinski definition) is 1. The van der Waals surface area contributed by atoms with Crippen molar-refractivity contribution in [1.29, 1.82) is 0 Å². The SMILES string of the molecule is CNC(c1ccc(Cl)cc1F)c1c(F)cc(Br)cc1F. The van der Waals surface area contributed by atoms with Crippen LogP contribution in [-0.2, 0) is 0 Å². The van der Waals surface area contributed by atoms with Crippen LogP contribution in [-0.4, -0.2) is 7.05 Å². The third-order valence-electron chi connectivity index (χ3n) is 2.89. The summed E-state index contributed by atoms with van der Waals surface area (Å²) in [5.41, 5.74) is -0.117. The molecule has 0 saturated heterocycles. The van der Waals surface area contributed by atoms with E-state index in [-0.39, 0.29) is 20.6 Å². The highest BCUT2D eigenvalue weighted by Crippen LogP contribution is 2.31. The first-order valence-electron chi connectivity index (χ1n) is 5.70. The summed E-state index contributed by atoms with van der Waals surface area (Å²) in [6.07, 6.45) is 0. The molecule has 0 aliphatic rings. The molecule has 0 aliphatic carbocycles. The van der Waals surface area contributed by atoms with Crippen LogP contribution in [0.5, 0.6) is 0 Å². The summed E-state index contributed by atoms with van der Waals surface area (Å²) in [5, 5.41) is 2.94. The topological polar surface area (TPSA) is 12.0 Å². The molecule has 2 aromatic carbocycles. The molecule has 0 heterocycles. The Kier molecular flexibility index (Phi) is 4.73. The maximum atomic E-state index is 14.0. The fourth-order valence-corrected chi connectivity index (χ4v) is 2.58. The molecule has 1 N–H and O–H groups in total. The van der Waals surface area contributed by atoms with Gasteiger partial charge in [0.25, 0.3) is 0 Å². The van der Waals surface area contributed by atoms with E-state index in [4.69, 9.17) is 11.6 Å². The van der Waals surface area contributed by atoms with Gasteiger partial charge in [-0.1, -0.05) is 33.6 Å². The molecule has 2 aromatic rings. The Hall–Kier alpha value is -1.04. The van der Waals surface area contributed by atoms with E-state index in [0.717, 1.165) is 18.2 Å². The first-order valence-corrected chi connectivity index (χ1v) is 6.87. The average Bonchev–Trinajstić information content (AvgIpc) is 2.34. The molecule has 0 bridgehead atoms. The maximum Gasteiger partial charge on any atom is 0.132 e. The van der Waals surface area contributed by atoms with Gasteiger partial charge in [-0.3, -0.25) is 0 Å². The van der Waals surface area contributed by atoms with E-state index < -0.39 is 23.5 Å². The summed E-state index contributed by atoms with van der Waals surface area (Å²) in [6, 6.07) is 5.31. The lowest BCUT2D eigenvalue weighted by Crippen LogP contribution is -2.21. The fourth-order valence-electron chi connectivity index (χ4n) is 2.02. The molecule has 0 spiro atoms. The van der Waals surface area contributed by atoms with Gasteiger partial charge in [-0.25, -0.2) is 13.2 Å². The second-order valence-electron chi connectivity index (χ2n) is 4.17. The molecule has 1 unspecified atom stereocenters. The van der Waals surface area contributed by atoms with Crippen molar-refractivity contribution in [2.24, 2.45) is 0 Å². The summed E-state index contributed by atoms with van der Waals surface area (Å²) in [4.78, 5) is 0. The van der Waals surface area contributed by atoms with Crippen LogP contribution in [0.3, 0.4) is 0 Å². The zero-order valence-corrected chi connectivity index (χ0v) is 12.7. The Morgan fingerprint density at radius 3 is 2.15 bits per heavy atom. The van der Waals surface area contributed by atoms with Crippen LogP contribution in [0.2, 0.25) is 5.02 Å². The number of halogens is 5. The van der Waals surface area contributed by atoms with Crippen LogP contribution in [0.1, 0.15) is 17.2 Å². The second-order valence-corrected chi connectivity index (χ2v) is 5.52. The van der Waals surface area contributed by atoms with Crippen molar-refractivity contribution in [3.05, 3.63) is 68.4 Å². The largest absolute Gasteiger partial charge is 0.309 e. The third-order valence-corrected chi connectivity index (χ3v) is 3.59. The Morgan fingerprint density at radius 2 is 1.65 bits per heavy atom. The van der Waals surface area contributed by atoms with Crippen LogP contribution in [0.25, 0.3) is 0 Å². The number of benzene rings is 2. The number of hydrogen-bond acceptors (Lipinski definition) is 1. The van der Waals surface area contributed by atoms with Gasteiger partial charge in [0, 0.05) is 20.6 Å². The molecule has 1 nitrogen and oxygen atoms in total. The lowest BCUT2D eigenvalue weighted by molar-refractivity contribution is 0.507. The van der Waals surface area contributed by atoms with Gasteiger partial charge in [0.05, 0.1) is 6.04 Å². The van der Waals surface area contributed by atoms with E-state index in [1.807, 2.05) is 0 Å². The molecule has 0 amide bonds. The smallest absolute Gasteiger partial charge is 0.132 e. The van der Waals surface area contributed by atoms with Gasteiger partial charge >= 0.3 is 0 Å². The Balaban J connectivity index is 2.58. The van der Waals surface area contributed by atoms with E-state index in [1.54, 1.807) is 0 Å². The van der Waals surface area contributed by atoms with Crippen LogP contribution in [0, 0.1) is 17.5 Å². The summed E-state index contributed by atoms with van der Waals surface area (Å²) < 4.78 is 42.2. The Morgan fingerprint density at radius 1 is 1.05 bits per heavy atom. The van der Waals surface area contributed by atoms with Crippen LogP contribution >= 0.6 is 27.5 Å². The van der Waals surface area contributed by atoms with Gasteiger partial charge in [-0.2, -0.15) is 0 Å². The fraction of sp³-hybridized carbons (Fsp3) is 0.143. The normalized spacial score (nSPS) is 12.5. The van der Waals surface area contributed by atoms with Gasteiger partial charge in [0.1, 0.15) is 17.5 Å². The quantitative estimate of drug-likeness (QED) is 0.823. The molecule has 20 heavy (non-hydrogen) atoms. The zero-order valence-electron chi connectivity index (χ0n) is 10.4. The van der Waals surface area contributed by atoms with Gasteiger partial charge < -0.3 is 5.32 Å². The number of rotatable bonds is 3.